The van der Waals surface area contributed by atoms with Crippen molar-refractivity contribution < 1.29 is 9.59 Å². The second-order valence-electron chi connectivity index (χ2n) is 8.32. The molecule has 0 bridgehead atoms. The number of hydrazone groups is 1. The van der Waals surface area contributed by atoms with Crippen molar-refractivity contribution >= 4 is 46.2 Å². The van der Waals surface area contributed by atoms with Crippen LogP contribution in [-0.2, 0) is 9.59 Å². The van der Waals surface area contributed by atoms with E-state index in [1.807, 2.05) is 42.5 Å². The lowest BCUT2D eigenvalue weighted by atomic mass is 10.1. The molecule has 3 aromatic carbocycles. The Hall–Kier alpha value is -5.09. The van der Waals surface area contributed by atoms with Gasteiger partial charge in [-0.05, 0) is 41.6 Å². The fraction of sp³-hybridized carbons (Fsp3) is 0. The van der Waals surface area contributed by atoms with E-state index in [1.54, 1.807) is 48.7 Å². The summed E-state index contributed by atoms with van der Waals surface area (Å²) in [5, 5.41) is 11.7. The van der Waals surface area contributed by atoms with Crippen LogP contribution < -0.4 is 16.3 Å². The molecule has 2 amide bonds. The highest BCUT2D eigenvalue weighted by Crippen LogP contribution is 2.39. The van der Waals surface area contributed by atoms with E-state index in [-0.39, 0.29) is 21.5 Å². The molecule has 6 rings (SSSR count). The molecule has 0 saturated heterocycles. The van der Waals surface area contributed by atoms with Crippen LogP contribution >= 0.6 is 11.8 Å². The van der Waals surface area contributed by atoms with Crippen molar-refractivity contribution in [2.24, 2.45) is 10.1 Å². The Morgan fingerprint density at radius 1 is 0.868 bits per heavy atom. The van der Waals surface area contributed by atoms with Gasteiger partial charge in [0.15, 0.2) is 5.17 Å². The molecule has 10 heteroatoms. The summed E-state index contributed by atoms with van der Waals surface area (Å²) in [7, 11) is 0. The highest BCUT2D eigenvalue weighted by Gasteiger charge is 2.34. The van der Waals surface area contributed by atoms with E-state index in [2.05, 4.69) is 25.9 Å². The van der Waals surface area contributed by atoms with Crippen LogP contribution in [0.25, 0.3) is 22.5 Å². The summed E-state index contributed by atoms with van der Waals surface area (Å²) >= 11 is 1.07. The molecule has 38 heavy (non-hydrogen) atoms. The number of amides is 2. The number of hydrogen-bond donors (Lipinski definition) is 2. The lowest BCUT2D eigenvalue weighted by molar-refractivity contribution is -0.114. The number of rotatable bonds is 4. The molecule has 3 heterocycles. The maximum absolute atomic E-state index is 12.5. The number of nitrogens with zero attached hydrogens (tertiary/aromatic N) is 4. The van der Waals surface area contributed by atoms with Gasteiger partial charge in [0.2, 0.25) is 0 Å². The van der Waals surface area contributed by atoms with Gasteiger partial charge in [-0.15, -0.1) is 0 Å². The Morgan fingerprint density at radius 2 is 1.63 bits per heavy atom. The zero-order valence-corrected chi connectivity index (χ0v) is 20.5. The predicted octanol–water partition coefficient (Wildman–Crippen LogP) is 3.82. The van der Waals surface area contributed by atoms with Crippen LogP contribution in [0.1, 0.15) is 11.1 Å². The van der Waals surface area contributed by atoms with Crippen molar-refractivity contribution in [3.05, 3.63) is 117 Å². The zero-order chi connectivity index (χ0) is 26.1. The van der Waals surface area contributed by atoms with E-state index < -0.39 is 5.91 Å². The summed E-state index contributed by atoms with van der Waals surface area (Å²) in [6.45, 7) is 0. The minimum Gasteiger partial charge on any atom is -0.321 e. The fourth-order valence-electron chi connectivity index (χ4n) is 4.08. The van der Waals surface area contributed by atoms with Gasteiger partial charge in [0, 0.05) is 22.9 Å². The molecule has 0 fully saturated rings. The van der Waals surface area contributed by atoms with Gasteiger partial charge in [-0.25, -0.2) is 0 Å². The Morgan fingerprint density at radius 3 is 2.45 bits per heavy atom. The normalized spacial score (nSPS) is 16.5. The number of aliphatic imine (C=N–C) groups is 1. The first-order chi connectivity index (χ1) is 18.6. The SMILES string of the molecule is O=C1N=C(NN=Cc2ccc(-n3nc(-c4ccccc4)ccc3=O)cc2)SC1=C1C(=O)Nc2ccccc21. The van der Waals surface area contributed by atoms with E-state index in [9.17, 15) is 14.4 Å². The quantitative estimate of drug-likeness (QED) is 0.241. The van der Waals surface area contributed by atoms with Crippen molar-refractivity contribution in [3.8, 4) is 16.9 Å². The molecule has 2 aliphatic rings. The maximum atomic E-state index is 12.5. The lowest BCUT2D eigenvalue weighted by Gasteiger charge is -2.07. The molecule has 0 unspecified atom stereocenters. The number of anilines is 1. The fourth-order valence-corrected chi connectivity index (χ4v) is 4.94. The van der Waals surface area contributed by atoms with Gasteiger partial charge in [-0.1, -0.05) is 60.7 Å². The van der Waals surface area contributed by atoms with Gasteiger partial charge >= 0.3 is 0 Å². The molecule has 4 aromatic rings. The first kappa shape index (κ1) is 23.3. The second kappa shape index (κ2) is 9.75. The van der Waals surface area contributed by atoms with Crippen LogP contribution in [0, 0.1) is 0 Å². The number of carbonyl (C=O) groups excluding carboxylic acids is 2. The Bertz CT molecular complexity index is 1740. The predicted molar refractivity (Wildman–Crippen MR) is 148 cm³/mol. The van der Waals surface area contributed by atoms with Crippen molar-refractivity contribution in [2.75, 3.05) is 5.32 Å². The highest BCUT2D eigenvalue weighted by atomic mass is 32.2. The van der Waals surface area contributed by atoms with Crippen LogP contribution in [0.5, 0.6) is 0 Å². The smallest absolute Gasteiger partial charge is 0.287 e. The molecular formula is C28H18N6O3S. The van der Waals surface area contributed by atoms with Crippen LogP contribution in [0.4, 0.5) is 5.69 Å². The standard InChI is InChI=1S/C28H18N6O3S/c35-23-15-14-21(18-6-2-1-3-7-18)33-34(23)19-12-10-17(11-13-19)16-29-32-28-31-27(37)25(38-28)24-20-8-4-5-9-22(20)30-26(24)36/h1-16H,(H,30,36)(H,31,32,37). The number of fused-ring (bicyclic) bond motifs is 1. The van der Waals surface area contributed by atoms with E-state index in [1.165, 1.54) is 10.7 Å². The van der Waals surface area contributed by atoms with Gasteiger partial charge < -0.3 is 5.32 Å². The van der Waals surface area contributed by atoms with Gasteiger partial charge in [0.25, 0.3) is 17.4 Å². The third kappa shape index (κ3) is 4.44. The number of nitrogens with one attached hydrogen (secondary N) is 2. The first-order valence-electron chi connectivity index (χ1n) is 11.6. The summed E-state index contributed by atoms with van der Waals surface area (Å²) in [4.78, 5) is 41.6. The number of aromatic nitrogens is 2. The summed E-state index contributed by atoms with van der Waals surface area (Å²) in [5.41, 5.74) is 7.16. The van der Waals surface area contributed by atoms with Crippen molar-refractivity contribution in [1.82, 2.24) is 15.2 Å². The number of thioether (sulfide) groups is 1. The highest BCUT2D eigenvalue weighted by molar-refractivity contribution is 8.18. The number of carbonyl (C=O) groups is 2. The molecule has 9 nitrogen and oxygen atoms in total. The number of benzene rings is 3. The van der Waals surface area contributed by atoms with Crippen LogP contribution in [0.15, 0.2) is 111 Å². The topological polar surface area (TPSA) is 118 Å². The number of hydrogen-bond acceptors (Lipinski definition) is 7. The van der Waals surface area contributed by atoms with Gasteiger partial charge in [-0.2, -0.15) is 19.9 Å². The number of para-hydroxylation sites is 1. The van der Waals surface area contributed by atoms with Crippen LogP contribution in [0.2, 0.25) is 0 Å². The molecular weight excluding hydrogens is 500 g/mol. The average molecular weight is 519 g/mol. The van der Waals surface area contributed by atoms with Crippen LogP contribution in [0.3, 0.4) is 0 Å². The summed E-state index contributed by atoms with van der Waals surface area (Å²) in [6, 6.07) is 27.2. The average Bonchev–Trinajstić information content (AvgIpc) is 3.47. The van der Waals surface area contributed by atoms with Crippen molar-refractivity contribution in [1.29, 1.82) is 0 Å². The largest absolute Gasteiger partial charge is 0.321 e. The van der Waals surface area contributed by atoms with E-state index in [0.717, 1.165) is 22.9 Å². The van der Waals surface area contributed by atoms with Crippen LogP contribution in [-0.4, -0.2) is 33.0 Å². The Kier molecular flexibility index (Phi) is 5.98. The summed E-state index contributed by atoms with van der Waals surface area (Å²) < 4.78 is 1.35. The first-order valence-corrected chi connectivity index (χ1v) is 12.4. The molecule has 0 spiro atoms. The molecule has 1 aromatic heterocycles. The third-order valence-electron chi connectivity index (χ3n) is 5.88. The minimum atomic E-state index is -0.491. The molecule has 2 aliphatic heterocycles. The maximum Gasteiger partial charge on any atom is 0.287 e. The van der Waals surface area contributed by atoms with Gasteiger partial charge in [-0.3, -0.25) is 19.8 Å². The lowest BCUT2D eigenvalue weighted by Crippen LogP contribution is -2.20. The zero-order valence-electron chi connectivity index (χ0n) is 19.7. The van der Waals surface area contributed by atoms with E-state index in [4.69, 9.17) is 0 Å². The molecule has 0 atom stereocenters. The van der Waals surface area contributed by atoms with Crippen molar-refractivity contribution in [2.45, 2.75) is 0 Å². The molecule has 184 valence electrons. The molecule has 0 radical (unpaired) electrons. The van der Waals surface area contributed by atoms with Gasteiger partial charge in [0.1, 0.15) is 0 Å². The molecule has 2 N–H and O–H groups in total. The summed E-state index contributed by atoms with van der Waals surface area (Å²) in [5.74, 6) is -0.820. The molecule has 0 aliphatic carbocycles. The van der Waals surface area contributed by atoms with E-state index >= 15 is 0 Å². The molecule has 0 saturated carbocycles. The third-order valence-corrected chi connectivity index (χ3v) is 6.83. The Balaban J connectivity index is 1.16. The van der Waals surface area contributed by atoms with Crippen molar-refractivity contribution in [3.63, 3.8) is 0 Å². The summed E-state index contributed by atoms with van der Waals surface area (Å²) in [6.07, 6.45) is 1.57. The minimum absolute atomic E-state index is 0.239. The number of amidine groups is 1. The monoisotopic (exact) mass is 518 g/mol. The second-order valence-corrected chi connectivity index (χ2v) is 9.32. The Labute approximate surface area is 220 Å². The van der Waals surface area contributed by atoms with Gasteiger partial charge in [0.05, 0.1) is 28.1 Å². The van der Waals surface area contributed by atoms with E-state index in [0.29, 0.717) is 28.2 Å².